The number of urea groups is 1. The first-order valence-corrected chi connectivity index (χ1v) is 12.2. The van der Waals surface area contributed by atoms with E-state index >= 15 is 0 Å². The van der Waals surface area contributed by atoms with E-state index in [0.717, 1.165) is 78.4 Å². The fraction of sp³-hybridized carbons (Fsp3) is 0.423. The molecule has 5 rings (SSSR count). The lowest BCUT2D eigenvalue weighted by Gasteiger charge is -2.32. The number of piperazine rings is 1. The standard InChI is InChI=1S/C26H33N7O2/c1-19-17-27-25-23(19)24(28-18-29-25)20-6-8-33(9-7-20)26(34)30-21-4-3-5-22(16-21)35-15-14-32-12-10-31(2)11-13-32/h3-6,16-18H,7-15H2,1-2H3,(H,30,34)(H,27,28,29). The monoisotopic (exact) mass is 475 g/mol. The quantitative estimate of drug-likeness (QED) is 0.569. The smallest absolute Gasteiger partial charge is 0.322 e. The van der Waals surface area contributed by atoms with E-state index < -0.39 is 0 Å². The Morgan fingerprint density at radius 2 is 2.03 bits per heavy atom. The zero-order chi connectivity index (χ0) is 24.2. The summed E-state index contributed by atoms with van der Waals surface area (Å²) < 4.78 is 5.96. The molecular formula is C26H33N7O2. The molecule has 184 valence electrons. The van der Waals surface area contributed by atoms with Crippen LogP contribution in [0.2, 0.25) is 0 Å². The highest BCUT2D eigenvalue weighted by molar-refractivity contribution is 5.93. The number of benzene rings is 1. The van der Waals surface area contributed by atoms with Gasteiger partial charge in [0, 0.05) is 69.2 Å². The first kappa shape index (κ1) is 23.3. The molecule has 0 spiro atoms. The fourth-order valence-corrected chi connectivity index (χ4v) is 4.66. The van der Waals surface area contributed by atoms with Crippen molar-refractivity contribution in [3.63, 3.8) is 0 Å². The minimum atomic E-state index is -0.111. The van der Waals surface area contributed by atoms with Crippen LogP contribution in [0.1, 0.15) is 17.7 Å². The van der Waals surface area contributed by atoms with Crippen molar-refractivity contribution < 1.29 is 9.53 Å². The Balaban J connectivity index is 1.15. The van der Waals surface area contributed by atoms with Gasteiger partial charge < -0.3 is 24.8 Å². The Labute approximate surface area is 205 Å². The van der Waals surface area contributed by atoms with Crippen LogP contribution in [0.5, 0.6) is 5.75 Å². The molecule has 0 saturated carbocycles. The fourth-order valence-electron chi connectivity index (χ4n) is 4.66. The SMILES string of the molecule is Cc1c[nH]c2ncnc(C3=CCN(C(=O)Nc4cccc(OCCN5CCN(C)CC5)c4)CC3)c12. The number of hydrogen-bond donors (Lipinski definition) is 2. The Kier molecular flexibility index (Phi) is 6.96. The molecule has 0 radical (unpaired) electrons. The number of amides is 2. The Morgan fingerprint density at radius 1 is 1.17 bits per heavy atom. The van der Waals surface area contributed by atoms with Gasteiger partial charge in [-0.25, -0.2) is 14.8 Å². The molecule has 1 aromatic carbocycles. The van der Waals surface area contributed by atoms with Gasteiger partial charge in [-0.05, 0) is 43.7 Å². The Bertz CT molecular complexity index is 1210. The van der Waals surface area contributed by atoms with Gasteiger partial charge in [-0.15, -0.1) is 0 Å². The summed E-state index contributed by atoms with van der Waals surface area (Å²) in [7, 11) is 2.16. The van der Waals surface area contributed by atoms with Gasteiger partial charge >= 0.3 is 6.03 Å². The van der Waals surface area contributed by atoms with Crippen LogP contribution in [0.4, 0.5) is 10.5 Å². The van der Waals surface area contributed by atoms with Crippen LogP contribution >= 0.6 is 0 Å². The summed E-state index contributed by atoms with van der Waals surface area (Å²) in [4.78, 5) is 31.5. The summed E-state index contributed by atoms with van der Waals surface area (Å²) >= 11 is 0. The highest BCUT2D eigenvalue weighted by Gasteiger charge is 2.21. The van der Waals surface area contributed by atoms with Gasteiger partial charge in [0.2, 0.25) is 0 Å². The molecular weight excluding hydrogens is 442 g/mol. The lowest BCUT2D eigenvalue weighted by Crippen LogP contribution is -2.45. The third-order valence-electron chi connectivity index (χ3n) is 6.82. The molecule has 0 unspecified atom stereocenters. The lowest BCUT2D eigenvalue weighted by atomic mass is 10.0. The second-order valence-electron chi connectivity index (χ2n) is 9.29. The summed E-state index contributed by atoms with van der Waals surface area (Å²) in [6.07, 6.45) is 6.39. The molecule has 0 bridgehead atoms. The van der Waals surface area contributed by atoms with Crippen molar-refractivity contribution in [2.75, 3.05) is 64.8 Å². The number of carbonyl (C=O) groups is 1. The van der Waals surface area contributed by atoms with Crippen molar-refractivity contribution in [3.8, 4) is 5.75 Å². The van der Waals surface area contributed by atoms with Crippen molar-refractivity contribution in [1.82, 2.24) is 29.7 Å². The number of anilines is 1. The predicted octanol–water partition coefficient (Wildman–Crippen LogP) is 3.21. The average molecular weight is 476 g/mol. The molecule has 2 aliphatic heterocycles. The average Bonchev–Trinajstić information content (AvgIpc) is 3.26. The van der Waals surface area contributed by atoms with Gasteiger partial charge in [0.25, 0.3) is 0 Å². The minimum Gasteiger partial charge on any atom is -0.492 e. The number of H-pyrrole nitrogens is 1. The highest BCUT2D eigenvalue weighted by atomic mass is 16.5. The van der Waals surface area contributed by atoms with Gasteiger partial charge in [0.1, 0.15) is 24.3 Å². The molecule has 2 N–H and O–H groups in total. The van der Waals surface area contributed by atoms with Crippen molar-refractivity contribution in [2.45, 2.75) is 13.3 Å². The summed E-state index contributed by atoms with van der Waals surface area (Å²) in [5.41, 5.74) is 4.82. The number of carbonyl (C=O) groups excluding carboxylic acids is 1. The number of fused-ring (bicyclic) bond motifs is 1. The van der Waals surface area contributed by atoms with Crippen molar-refractivity contribution in [2.24, 2.45) is 0 Å². The lowest BCUT2D eigenvalue weighted by molar-refractivity contribution is 0.134. The zero-order valence-corrected chi connectivity index (χ0v) is 20.5. The maximum absolute atomic E-state index is 12.9. The van der Waals surface area contributed by atoms with Gasteiger partial charge in [-0.2, -0.15) is 0 Å². The molecule has 2 aliphatic rings. The molecule has 2 amide bonds. The van der Waals surface area contributed by atoms with E-state index in [1.807, 2.05) is 35.4 Å². The van der Waals surface area contributed by atoms with Gasteiger partial charge in [-0.1, -0.05) is 12.1 Å². The van der Waals surface area contributed by atoms with E-state index in [1.54, 1.807) is 6.33 Å². The number of hydrogen-bond acceptors (Lipinski definition) is 6. The third kappa shape index (κ3) is 5.47. The Morgan fingerprint density at radius 3 is 2.83 bits per heavy atom. The number of aryl methyl sites for hydroxylation is 1. The largest absolute Gasteiger partial charge is 0.492 e. The number of aromatic nitrogens is 3. The topological polar surface area (TPSA) is 89.6 Å². The van der Waals surface area contributed by atoms with Crippen LogP contribution in [0.25, 0.3) is 16.6 Å². The number of nitrogens with zero attached hydrogens (tertiary/aromatic N) is 5. The van der Waals surface area contributed by atoms with Crippen LogP contribution in [-0.4, -0.2) is 95.2 Å². The number of aromatic amines is 1. The summed E-state index contributed by atoms with van der Waals surface area (Å²) in [5, 5.41) is 4.07. The zero-order valence-electron chi connectivity index (χ0n) is 20.5. The number of likely N-dealkylation sites (N-methyl/N-ethyl adjacent to an activating group) is 1. The first-order valence-electron chi connectivity index (χ1n) is 12.2. The van der Waals surface area contributed by atoms with Crippen LogP contribution < -0.4 is 10.1 Å². The van der Waals surface area contributed by atoms with Crippen LogP contribution in [-0.2, 0) is 0 Å². The second kappa shape index (κ2) is 10.5. The van der Waals surface area contributed by atoms with Crippen LogP contribution in [0, 0.1) is 6.92 Å². The third-order valence-corrected chi connectivity index (χ3v) is 6.82. The van der Waals surface area contributed by atoms with E-state index in [1.165, 1.54) is 0 Å². The predicted molar refractivity (Wildman–Crippen MR) is 138 cm³/mol. The minimum absolute atomic E-state index is 0.111. The van der Waals surface area contributed by atoms with E-state index in [9.17, 15) is 4.79 Å². The molecule has 2 aromatic heterocycles. The normalized spacial score (nSPS) is 17.4. The molecule has 3 aromatic rings. The van der Waals surface area contributed by atoms with Crippen LogP contribution in [0.15, 0.2) is 42.9 Å². The summed E-state index contributed by atoms with van der Waals surface area (Å²) in [6.45, 7) is 9.13. The molecule has 1 fully saturated rings. The maximum Gasteiger partial charge on any atom is 0.322 e. The van der Waals surface area contributed by atoms with Gasteiger partial charge in [0.05, 0.1) is 5.69 Å². The molecule has 1 saturated heterocycles. The molecule has 0 atom stereocenters. The van der Waals surface area contributed by atoms with E-state index in [0.29, 0.717) is 19.7 Å². The van der Waals surface area contributed by atoms with Crippen LogP contribution in [0.3, 0.4) is 0 Å². The Hall–Kier alpha value is -3.43. The van der Waals surface area contributed by atoms with Gasteiger partial charge in [0.15, 0.2) is 0 Å². The second-order valence-corrected chi connectivity index (χ2v) is 9.29. The van der Waals surface area contributed by atoms with E-state index in [4.69, 9.17) is 4.74 Å². The first-order chi connectivity index (χ1) is 17.1. The number of nitrogens with one attached hydrogen (secondary N) is 2. The van der Waals surface area contributed by atoms with Crippen molar-refractivity contribution in [3.05, 3.63) is 54.1 Å². The summed E-state index contributed by atoms with van der Waals surface area (Å²) in [6, 6.07) is 7.51. The summed E-state index contributed by atoms with van der Waals surface area (Å²) in [5.74, 6) is 0.771. The highest BCUT2D eigenvalue weighted by Crippen LogP contribution is 2.28. The van der Waals surface area contributed by atoms with Gasteiger partial charge in [-0.3, -0.25) is 4.90 Å². The van der Waals surface area contributed by atoms with E-state index in [2.05, 4.69) is 50.1 Å². The number of ether oxygens (including phenoxy) is 1. The molecule has 35 heavy (non-hydrogen) atoms. The maximum atomic E-state index is 12.9. The molecule has 4 heterocycles. The van der Waals surface area contributed by atoms with E-state index in [-0.39, 0.29) is 6.03 Å². The molecule has 0 aliphatic carbocycles. The number of rotatable bonds is 6. The van der Waals surface area contributed by atoms with Crippen molar-refractivity contribution in [1.29, 1.82) is 0 Å². The molecule has 9 heteroatoms. The van der Waals surface area contributed by atoms with Crippen molar-refractivity contribution >= 4 is 28.3 Å². The molecule has 9 nitrogen and oxygen atoms in total.